The number of carbonyl (C=O) groups excluding carboxylic acids is 1. The Labute approximate surface area is 124 Å². The molecule has 0 aliphatic carbocycles. The van der Waals surface area contributed by atoms with Crippen LogP contribution < -0.4 is 5.32 Å². The van der Waals surface area contributed by atoms with Gasteiger partial charge in [0, 0.05) is 17.7 Å². The normalized spacial score (nSPS) is 11.4. The van der Waals surface area contributed by atoms with Crippen molar-refractivity contribution in [3.63, 3.8) is 0 Å². The average molecular weight is 332 g/mol. The van der Waals surface area contributed by atoms with Gasteiger partial charge in [-0.05, 0) is 31.2 Å². The van der Waals surface area contributed by atoms with Crippen molar-refractivity contribution in [1.29, 1.82) is 0 Å². The number of amides is 1. The third-order valence-electron chi connectivity index (χ3n) is 2.70. The quantitative estimate of drug-likeness (QED) is 0.873. The molecule has 1 aromatic carbocycles. The minimum Gasteiger partial charge on any atom is -0.318 e. The van der Waals surface area contributed by atoms with Crippen molar-refractivity contribution >= 4 is 31.3 Å². The van der Waals surface area contributed by atoms with Gasteiger partial charge in [0.25, 0.3) is 15.0 Å². The van der Waals surface area contributed by atoms with Crippen molar-refractivity contribution in [2.75, 3.05) is 5.32 Å². The third-order valence-corrected chi connectivity index (χ3v) is 4.06. The Kier molecular flexibility index (Phi) is 4.02. The van der Waals surface area contributed by atoms with Gasteiger partial charge in [-0.15, -0.1) is 0 Å². The molecule has 0 radical (unpaired) electrons. The van der Waals surface area contributed by atoms with Gasteiger partial charge >= 0.3 is 0 Å². The van der Waals surface area contributed by atoms with Gasteiger partial charge in [-0.25, -0.2) is 12.8 Å². The van der Waals surface area contributed by atoms with Gasteiger partial charge in [0.15, 0.2) is 0 Å². The first-order valence-electron chi connectivity index (χ1n) is 5.74. The predicted molar refractivity (Wildman–Crippen MR) is 75.3 cm³/mol. The number of nitrogens with zero attached hydrogens (tertiary/aromatic N) is 2. The SMILES string of the molecule is Cc1cc(C(=O)Nc2ccc(S(=O)(=O)Cl)cc2F)n(C)n1. The summed E-state index contributed by atoms with van der Waals surface area (Å²) in [6, 6.07) is 4.53. The molecule has 1 aromatic heterocycles. The molecule has 6 nitrogen and oxygen atoms in total. The molecule has 0 fully saturated rings. The Morgan fingerprint density at radius 2 is 2.05 bits per heavy atom. The first-order valence-corrected chi connectivity index (χ1v) is 8.05. The number of hydrogen-bond donors (Lipinski definition) is 1. The second-order valence-corrected chi connectivity index (χ2v) is 6.89. The molecule has 9 heteroatoms. The predicted octanol–water partition coefficient (Wildman–Crippen LogP) is 2.05. The lowest BCUT2D eigenvalue weighted by atomic mass is 10.3. The molecule has 0 spiro atoms. The number of aryl methyl sites for hydroxylation is 2. The number of nitrogens with one attached hydrogen (secondary N) is 1. The lowest BCUT2D eigenvalue weighted by Gasteiger charge is -2.07. The van der Waals surface area contributed by atoms with Crippen molar-refractivity contribution < 1.29 is 17.6 Å². The maximum Gasteiger partial charge on any atom is 0.274 e. The molecular weight excluding hydrogens is 321 g/mol. The van der Waals surface area contributed by atoms with Crippen molar-refractivity contribution in [3.8, 4) is 0 Å². The topological polar surface area (TPSA) is 81.1 Å². The lowest BCUT2D eigenvalue weighted by Crippen LogP contribution is -2.17. The number of halogens is 2. The fraction of sp³-hybridized carbons (Fsp3) is 0.167. The maximum absolute atomic E-state index is 13.8. The lowest BCUT2D eigenvalue weighted by molar-refractivity contribution is 0.101. The van der Waals surface area contributed by atoms with Crippen LogP contribution >= 0.6 is 10.7 Å². The number of hydrogen-bond acceptors (Lipinski definition) is 4. The molecule has 0 bridgehead atoms. The molecule has 0 saturated heterocycles. The summed E-state index contributed by atoms with van der Waals surface area (Å²) < 4.78 is 37.3. The van der Waals surface area contributed by atoms with E-state index in [4.69, 9.17) is 10.7 Å². The second kappa shape index (κ2) is 5.45. The van der Waals surface area contributed by atoms with Crippen LogP contribution in [0.25, 0.3) is 0 Å². The molecule has 0 aliphatic heterocycles. The number of rotatable bonds is 3. The molecule has 21 heavy (non-hydrogen) atoms. The van der Waals surface area contributed by atoms with Gasteiger partial charge in [-0.3, -0.25) is 9.48 Å². The highest BCUT2D eigenvalue weighted by Crippen LogP contribution is 2.22. The van der Waals surface area contributed by atoms with E-state index in [0.717, 1.165) is 18.2 Å². The van der Waals surface area contributed by atoms with Crippen molar-refractivity contribution in [1.82, 2.24) is 9.78 Å². The number of benzene rings is 1. The summed E-state index contributed by atoms with van der Waals surface area (Å²) in [5.41, 5.74) is 0.746. The standard InChI is InChI=1S/C12H11ClFN3O3S/c1-7-5-11(17(2)16-7)12(18)15-10-4-3-8(6-9(10)14)21(13,19)20/h3-6H,1-2H3,(H,15,18). The van der Waals surface area contributed by atoms with Crippen LogP contribution in [0.15, 0.2) is 29.2 Å². The zero-order valence-corrected chi connectivity index (χ0v) is 12.7. The van der Waals surface area contributed by atoms with Crippen LogP contribution in [0.2, 0.25) is 0 Å². The van der Waals surface area contributed by atoms with Crippen LogP contribution in [0, 0.1) is 12.7 Å². The smallest absolute Gasteiger partial charge is 0.274 e. The Bertz CT molecular complexity index is 817. The van der Waals surface area contributed by atoms with Crippen LogP contribution in [0.3, 0.4) is 0 Å². The van der Waals surface area contributed by atoms with Crippen molar-refractivity contribution in [2.45, 2.75) is 11.8 Å². The fourth-order valence-electron chi connectivity index (χ4n) is 1.76. The van der Waals surface area contributed by atoms with E-state index in [9.17, 15) is 17.6 Å². The number of anilines is 1. The van der Waals surface area contributed by atoms with Crippen molar-refractivity contribution in [2.24, 2.45) is 7.05 Å². The highest BCUT2D eigenvalue weighted by molar-refractivity contribution is 8.13. The van der Waals surface area contributed by atoms with E-state index in [1.165, 1.54) is 4.68 Å². The van der Waals surface area contributed by atoms with Gasteiger partial charge < -0.3 is 5.32 Å². The molecular formula is C12H11ClFN3O3S. The van der Waals surface area contributed by atoms with E-state index in [1.54, 1.807) is 20.0 Å². The minimum absolute atomic E-state index is 0.150. The van der Waals surface area contributed by atoms with Gasteiger partial charge in [-0.2, -0.15) is 5.10 Å². The first-order chi connectivity index (χ1) is 9.68. The summed E-state index contributed by atoms with van der Waals surface area (Å²) in [7, 11) is 2.68. The van der Waals surface area contributed by atoms with E-state index >= 15 is 0 Å². The molecule has 112 valence electrons. The number of aromatic nitrogens is 2. The van der Waals surface area contributed by atoms with E-state index < -0.39 is 20.8 Å². The first kappa shape index (κ1) is 15.5. The summed E-state index contributed by atoms with van der Waals surface area (Å²) in [6.07, 6.45) is 0. The summed E-state index contributed by atoms with van der Waals surface area (Å²) in [4.78, 5) is 11.6. The average Bonchev–Trinajstić information content (AvgIpc) is 2.69. The molecule has 1 N–H and O–H groups in total. The Morgan fingerprint density at radius 1 is 1.38 bits per heavy atom. The molecule has 2 aromatic rings. The second-order valence-electron chi connectivity index (χ2n) is 4.33. The van der Waals surface area contributed by atoms with Gasteiger partial charge in [0.1, 0.15) is 11.5 Å². The molecule has 0 saturated carbocycles. The zero-order chi connectivity index (χ0) is 15.8. The molecule has 0 aliphatic rings. The summed E-state index contributed by atoms with van der Waals surface area (Å²) in [6.45, 7) is 1.72. The summed E-state index contributed by atoms with van der Waals surface area (Å²) in [5.74, 6) is -1.46. The van der Waals surface area contributed by atoms with Crippen LogP contribution in [0.5, 0.6) is 0 Å². The van der Waals surface area contributed by atoms with E-state index in [2.05, 4.69) is 10.4 Å². The Hall–Kier alpha value is -1.93. The summed E-state index contributed by atoms with van der Waals surface area (Å²) >= 11 is 0. The number of carbonyl (C=O) groups is 1. The molecule has 2 rings (SSSR count). The van der Waals surface area contributed by atoms with Crippen LogP contribution in [-0.4, -0.2) is 24.1 Å². The largest absolute Gasteiger partial charge is 0.318 e. The van der Waals surface area contributed by atoms with E-state index in [-0.39, 0.29) is 16.3 Å². The van der Waals surface area contributed by atoms with Gasteiger partial charge in [0.05, 0.1) is 16.3 Å². The molecule has 1 heterocycles. The molecule has 0 unspecified atom stereocenters. The molecule has 1 amide bonds. The Morgan fingerprint density at radius 3 is 2.52 bits per heavy atom. The van der Waals surface area contributed by atoms with Crippen LogP contribution in [0.1, 0.15) is 16.2 Å². The van der Waals surface area contributed by atoms with Gasteiger partial charge in [0.2, 0.25) is 0 Å². The van der Waals surface area contributed by atoms with E-state index in [1.807, 2.05) is 0 Å². The van der Waals surface area contributed by atoms with Crippen LogP contribution in [-0.2, 0) is 16.1 Å². The third kappa shape index (κ3) is 3.40. The Balaban J connectivity index is 2.28. The van der Waals surface area contributed by atoms with Crippen LogP contribution in [0.4, 0.5) is 10.1 Å². The zero-order valence-electron chi connectivity index (χ0n) is 11.1. The highest BCUT2D eigenvalue weighted by Gasteiger charge is 2.17. The summed E-state index contributed by atoms with van der Waals surface area (Å²) in [5, 5.41) is 6.35. The minimum atomic E-state index is -4.02. The monoisotopic (exact) mass is 331 g/mol. The molecule has 0 atom stereocenters. The van der Waals surface area contributed by atoms with Crippen molar-refractivity contribution in [3.05, 3.63) is 41.5 Å². The van der Waals surface area contributed by atoms with Gasteiger partial charge in [-0.1, -0.05) is 0 Å². The fourth-order valence-corrected chi connectivity index (χ4v) is 2.52. The maximum atomic E-state index is 13.8. The highest BCUT2D eigenvalue weighted by atomic mass is 35.7. The van der Waals surface area contributed by atoms with E-state index in [0.29, 0.717) is 5.69 Å².